The molecule has 1 aromatic carbocycles. The summed E-state index contributed by atoms with van der Waals surface area (Å²) in [6.07, 6.45) is -0.726. The lowest BCUT2D eigenvalue weighted by molar-refractivity contribution is -0.0328. The first-order valence-corrected chi connectivity index (χ1v) is 6.71. The van der Waals surface area contributed by atoms with Crippen LogP contribution >= 0.6 is 23.4 Å². The van der Waals surface area contributed by atoms with Gasteiger partial charge in [-0.15, -0.1) is 0 Å². The van der Waals surface area contributed by atoms with Gasteiger partial charge in [0.1, 0.15) is 5.60 Å². The van der Waals surface area contributed by atoms with Gasteiger partial charge >= 0.3 is 11.6 Å². The third-order valence-electron chi connectivity index (χ3n) is 1.81. The summed E-state index contributed by atoms with van der Waals surface area (Å²) in [7, 11) is 0. The van der Waals surface area contributed by atoms with E-state index >= 15 is 0 Å². The smallest absolute Gasteiger partial charge is 0.444 e. The number of alkyl halides is 3. The second-order valence-corrected chi connectivity index (χ2v) is 6.36. The zero-order valence-corrected chi connectivity index (χ0v) is 12.5. The van der Waals surface area contributed by atoms with Crippen LogP contribution in [0, 0.1) is 0 Å². The largest absolute Gasteiger partial charge is 0.446 e. The van der Waals surface area contributed by atoms with Crippen LogP contribution < -0.4 is 5.32 Å². The average molecular weight is 328 g/mol. The molecule has 1 N–H and O–H groups in total. The molecule has 0 bridgehead atoms. The SMILES string of the molecule is CC(C)(C)OC(=O)Nc1ccc(SC(F)(F)F)cc1Cl. The number of ether oxygens (including phenoxy) is 1. The summed E-state index contributed by atoms with van der Waals surface area (Å²) in [5.41, 5.74) is -4.88. The topological polar surface area (TPSA) is 38.3 Å². The summed E-state index contributed by atoms with van der Waals surface area (Å²) < 4.78 is 41.6. The van der Waals surface area contributed by atoms with Gasteiger partial charge < -0.3 is 4.74 Å². The molecule has 3 nitrogen and oxygen atoms in total. The first-order chi connectivity index (χ1) is 8.96. The number of hydrogen-bond acceptors (Lipinski definition) is 3. The van der Waals surface area contributed by atoms with Gasteiger partial charge in [0.05, 0.1) is 10.7 Å². The number of rotatable bonds is 2. The lowest BCUT2D eigenvalue weighted by atomic mass is 10.2. The van der Waals surface area contributed by atoms with E-state index in [9.17, 15) is 18.0 Å². The van der Waals surface area contributed by atoms with Gasteiger partial charge in [-0.2, -0.15) is 13.2 Å². The van der Waals surface area contributed by atoms with E-state index in [2.05, 4.69) is 5.32 Å². The van der Waals surface area contributed by atoms with Crippen molar-refractivity contribution in [2.24, 2.45) is 0 Å². The third kappa shape index (κ3) is 6.38. The predicted molar refractivity (Wildman–Crippen MR) is 73.2 cm³/mol. The highest BCUT2D eigenvalue weighted by atomic mass is 35.5. The number of benzene rings is 1. The van der Waals surface area contributed by atoms with E-state index in [0.29, 0.717) is 0 Å². The van der Waals surface area contributed by atoms with Crippen LogP contribution in [0.3, 0.4) is 0 Å². The van der Waals surface area contributed by atoms with Crippen molar-refractivity contribution in [3.63, 3.8) is 0 Å². The molecule has 1 aromatic rings. The maximum Gasteiger partial charge on any atom is 0.446 e. The fourth-order valence-corrected chi connectivity index (χ4v) is 2.08. The first kappa shape index (κ1) is 17.0. The van der Waals surface area contributed by atoms with Gasteiger partial charge in [0.25, 0.3) is 0 Å². The normalized spacial score (nSPS) is 12.2. The Morgan fingerprint density at radius 3 is 2.35 bits per heavy atom. The highest BCUT2D eigenvalue weighted by molar-refractivity contribution is 8.00. The first-order valence-electron chi connectivity index (χ1n) is 5.51. The molecule has 1 amide bonds. The molecule has 0 unspecified atom stereocenters. The minimum atomic E-state index is -4.39. The maximum absolute atomic E-state index is 12.2. The molecule has 0 fully saturated rings. The lowest BCUT2D eigenvalue weighted by Gasteiger charge is -2.20. The number of thioether (sulfide) groups is 1. The molecule has 0 aliphatic heterocycles. The standard InChI is InChI=1S/C12H13ClF3NO2S/c1-11(2,3)19-10(18)17-9-5-4-7(6-8(9)13)20-12(14,15)16/h4-6H,1-3H3,(H,17,18). The summed E-state index contributed by atoms with van der Waals surface area (Å²) in [6.45, 7) is 5.08. The molecule has 112 valence electrons. The Bertz CT molecular complexity index is 500. The van der Waals surface area contributed by atoms with E-state index in [-0.39, 0.29) is 27.4 Å². The fraction of sp³-hybridized carbons (Fsp3) is 0.417. The molecule has 0 aliphatic rings. The van der Waals surface area contributed by atoms with Crippen LogP contribution in [0.15, 0.2) is 23.1 Å². The maximum atomic E-state index is 12.2. The van der Waals surface area contributed by atoms with Gasteiger partial charge in [0, 0.05) is 4.90 Å². The number of halogens is 4. The number of amides is 1. The Morgan fingerprint density at radius 2 is 1.90 bits per heavy atom. The molecule has 0 heterocycles. The van der Waals surface area contributed by atoms with E-state index in [0.717, 1.165) is 6.07 Å². The highest BCUT2D eigenvalue weighted by Crippen LogP contribution is 2.39. The van der Waals surface area contributed by atoms with Gasteiger partial charge in [0.15, 0.2) is 0 Å². The number of anilines is 1. The second kappa shape index (κ2) is 6.13. The molecule has 0 aromatic heterocycles. The fourth-order valence-electron chi connectivity index (χ4n) is 1.21. The second-order valence-electron chi connectivity index (χ2n) is 4.82. The van der Waals surface area contributed by atoms with Crippen LogP contribution in [-0.4, -0.2) is 17.2 Å². The van der Waals surface area contributed by atoms with Gasteiger partial charge in [-0.25, -0.2) is 4.79 Å². The van der Waals surface area contributed by atoms with Crippen molar-refractivity contribution in [2.75, 3.05) is 5.32 Å². The molecule has 0 saturated heterocycles. The summed E-state index contributed by atoms with van der Waals surface area (Å²) >= 11 is 5.55. The van der Waals surface area contributed by atoms with Gasteiger partial charge in [-0.05, 0) is 50.7 Å². The van der Waals surface area contributed by atoms with Gasteiger partial charge in [0.2, 0.25) is 0 Å². The van der Waals surface area contributed by atoms with Crippen molar-refractivity contribution in [3.8, 4) is 0 Å². The Labute approximate surface area is 123 Å². The molecule has 0 radical (unpaired) electrons. The molecule has 0 atom stereocenters. The molecular formula is C12H13ClF3NO2S. The van der Waals surface area contributed by atoms with E-state index < -0.39 is 17.2 Å². The number of carbonyl (C=O) groups is 1. The summed E-state index contributed by atoms with van der Waals surface area (Å²) in [4.78, 5) is 11.5. The van der Waals surface area contributed by atoms with Crippen molar-refractivity contribution in [1.29, 1.82) is 0 Å². The minimum Gasteiger partial charge on any atom is -0.444 e. The van der Waals surface area contributed by atoms with Crippen molar-refractivity contribution in [1.82, 2.24) is 0 Å². The summed E-state index contributed by atoms with van der Waals surface area (Å²) in [6, 6.07) is 3.64. The Balaban J connectivity index is 2.76. The van der Waals surface area contributed by atoms with Gasteiger partial charge in [-0.3, -0.25) is 5.32 Å². The third-order valence-corrected chi connectivity index (χ3v) is 2.84. The van der Waals surface area contributed by atoms with E-state index in [1.807, 2.05) is 0 Å². The van der Waals surface area contributed by atoms with Crippen molar-refractivity contribution in [2.45, 2.75) is 36.8 Å². The van der Waals surface area contributed by atoms with Crippen LogP contribution in [0.1, 0.15) is 20.8 Å². The lowest BCUT2D eigenvalue weighted by Crippen LogP contribution is -2.27. The Kier molecular flexibility index (Phi) is 5.21. The molecule has 1 rings (SSSR count). The molecule has 8 heteroatoms. The summed E-state index contributed by atoms with van der Waals surface area (Å²) in [5.74, 6) is 0. The molecular weight excluding hydrogens is 315 g/mol. The zero-order valence-electron chi connectivity index (χ0n) is 11.0. The molecule has 0 spiro atoms. The number of nitrogens with one attached hydrogen (secondary N) is 1. The molecule has 0 saturated carbocycles. The van der Waals surface area contributed by atoms with Crippen molar-refractivity contribution >= 4 is 35.1 Å². The number of hydrogen-bond donors (Lipinski definition) is 1. The van der Waals surface area contributed by atoms with E-state index in [1.54, 1.807) is 20.8 Å². The molecule has 0 aliphatic carbocycles. The van der Waals surface area contributed by atoms with Gasteiger partial charge in [-0.1, -0.05) is 11.6 Å². The predicted octanol–water partition coefficient (Wildman–Crippen LogP) is 5.30. The van der Waals surface area contributed by atoms with Crippen LogP contribution in [0.5, 0.6) is 0 Å². The monoisotopic (exact) mass is 327 g/mol. The Hall–Kier alpha value is -1.08. The highest BCUT2D eigenvalue weighted by Gasteiger charge is 2.29. The summed E-state index contributed by atoms with van der Waals surface area (Å²) in [5, 5.41) is 2.38. The van der Waals surface area contributed by atoms with Crippen LogP contribution in [0.25, 0.3) is 0 Å². The van der Waals surface area contributed by atoms with E-state index in [1.165, 1.54) is 12.1 Å². The van der Waals surface area contributed by atoms with Crippen molar-refractivity contribution < 1.29 is 22.7 Å². The quantitative estimate of drug-likeness (QED) is 0.749. The number of carbonyl (C=O) groups excluding carboxylic acids is 1. The van der Waals surface area contributed by atoms with Crippen LogP contribution in [-0.2, 0) is 4.74 Å². The van der Waals surface area contributed by atoms with Crippen LogP contribution in [0.4, 0.5) is 23.7 Å². The zero-order chi connectivity index (χ0) is 15.6. The van der Waals surface area contributed by atoms with Crippen molar-refractivity contribution in [3.05, 3.63) is 23.2 Å². The minimum absolute atomic E-state index is 0.00473. The Morgan fingerprint density at radius 1 is 1.30 bits per heavy atom. The van der Waals surface area contributed by atoms with Crippen LogP contribution in [0.2, 0.25) is 5.02 Å². The molecule has 20 heavy (non-hydrogen) atoms. The average Bonchev–Trinajstić information content (AvgIpc) is 2.17. The van der Waals surface area contributed by atoms with E-state index in [4.69, 9.17) is 16.3 Å².